The molecule has 78 valence electrons. The molecule has 0 heterocycles. The number of halogens is 4. The highest BCUT2D eigenvalue weighted by Gasteiger charge is 2.18. The Morgan fingerprint density at radius 3 is 2.21 bits per heavy atom. The number of hydrogen-bond acceptors (Lipinski definition) is 2. The van der Waals surface area contributed by atoms with Crippen molar-refractivity contribution < 1.29 is 22.8 Å². The van der Waals surface area contributed by atoms with Crippen LogP contribution in [0.5, 0.6) is 0 Å². The summed E-state index contributed by atoms with van der Waals surface area (Å²) in [5.41, 5.74) is -0.452. The van der Waals surface area contributed by atoms with Crippen molar-refractivity contribution in [2.45, 2.75) is 6.54 Å². The molecule has 6 heteroatoms. The normalized spacial score (nSPS) is 11.1. The topological polar surface area (TPSA) is 23.5 Å². The lowest BCUT2D eigenvalue weighted by molar-refractivity contribution is -0.0740. The van der Waals surface area contributed by atoms with E-state index in [9.17, 15) is 17.6 Å². The second kappa shape index (κ2) is 3.93. The van der Waals surface area contributed by atoms with Crippen LogP contribution in [0, 0.1) is 23.3 Å². The predicted molar refractivity (Wildman–Crippen MR) is 39.5 cm³/mol. The van der Waals surface area contributed by atoms with Gasteiger partial charge in [-0.2, -0.15) is 5.06 Å². The lowest BCUT2D eigenvalue weighted by Gasteiger charge is -2.09. The molecule has 1 N–H and O–H groups in total. The molecule has 1 aromatic carbocycles. The van der Waals surface area contributed by atoms with E-state index >= 15 is 0 Å². The van der Waals surface area contributed by atoms with Crippen molar-refractivity contribution in [2.75, 3.05) is 7.05 Å². The zero-order valence-electron chi connectivity index (χ0n) is 7.19. The van der Waals surface area contributed by atoms with Gasteiger partial charge in [0.2, 0.25) is 0 Å². The summed E-state index contributed by atoms with van der Waals surface area (Å²) in [6, 6.07) is 0.500. The van der Waals surface area contributed by atoms with Crippen LogP contribution in [0.25, 0.3) is 0 Å². The maximum absolute atomic E-state index is 12.9. The Labute approximate surface area is 77.3 Å². The minimum Gasteiger partial charge on any atom is -0.314 e. The predicted octanol–water partition coefficient (Wildman–Crippen LogP) is 2.06. The molecule has 0 radical (unpaired) electrons. The van der Waals surface area contributed by atoms with Crippen LogP contribution >= 0.6 is 0 Å². The van der Waals surface area contributed by atoms with Crippen molar-refractivity contribution in [3.8, 4) is 0 Å². The third-order valence-electron chi connectivity index (χ3n) is 1.58. The number of rotatable bonds is 2. The molecule has 0 spiro atoms. The fourth-order valence-electron chi connectivity index (χ4n) is 0.983. The molecule has 0 aliphatic heterocycles. The van der Waals surface area contributed by atoms with Crippen LogP contribution in [-0.4, -0.2) is 17.3 Å². The molecule has 0 saturated carbocycles. The molecule has 0 aliphatic carbocycles. The van der Waals surface area contributed by atoms with Gasteiger partial charge in [0, 0.05) is 12.6 Å². The highest BCUT2D eigenvalue weighted by atomic mass is 19.2. The van der Waals surface area contributed by atoms with Gasteiger partial charge in [-0.15, -0.1) is 0 Å². The third-order valence-corrected chi connectivity index (χ3v) is 1.58. The number of benzene rings is 1. The van der Waals surface area contributed by atoms with Crippen molar-refractivity contribution in [1.29, 1.82) is 0 Å². The average molecular weight is 209 g/mol. The van der Waals surface area contributed by atoms with Crippen molar-refractivity contribution in [1.82, 2.24) is 5.06 Å². The Hall–Kier alpha value is -1.14. The third kappa shape index (κ3) is 2.02. The van der Waals surface area contributed by atoms with Crippen LogP contribution in [0.15, 0.2) is 6.07 Å². The average Bonchev–Trinajstić information content (AvgIpc) is 2.10. The summed E-state index contributed by atoms with van der Waals surface area (Å²) in [5.74, 6) is -6.71. The zero-order valence-corrected chi connectivity index (χ0v) is 7.19. The van der Waals surface area contributed by atoms with Gasteiger partial charge in [0.15, 0.2) is 23.3 Å². The van der Waals surface area contributed by atoms with Crippen molar-refractivity contribution >= 4 is 0 Å². The van der Waals surface area contributed by atoms with Crippen LogP contribution in [0.1, 0.15) is 5.56 Å². The minimum atomic E-state index is -1.87. The number of hydrogen-bond donors (Lipinski definition) is 1. The van der Waals surface area contributed by atoms with Gasteiger partial charge in [-0.3, -0.25) is 0 Å². The molecule has 0 saturated heterocycles. The molecule has 2 nitrogen and oxygen atoms in total. The van der Waals surface area contributed by atoms with Gasteiger partial charge < -0.3 is 5.21 Å². The summed E-state index contributed by atoms with van der Waals surface area (Å²) in [6.07, 6.45) is 0. The van der Waals surface area contributed by atoms with E-state index in [0.717, 1.165) is 0 Å². The van der Waals surface area contributed by atoms with Crippen LogP contribution < -0.4 is 0 Å². The second-order valence-corrected chi connectivity index (χ2v) is 2.78. The second-order valence-electron chi connectivity index (χ2n) is 2.78. The van der Waals surface area contributed by atoms with Crippen LogP contribution in [0.3, 0.4) is 0 Å². The van der Waals surface area contributed by atoms with Gasteiger partial charge >= 0.3 is 0 Å². The van der Waals surface area contributed by atoms with Crippen LogP contribution in [-0.2, 0) is 6.54 Å². The summed E-state index contributed by atoms with van der Waals surface area (Å²) in [4.78, 5) is 0. The van der Waals surface area contributed by atoms with E-state index in [0.29, 0.717) is 11.1 Å². The SMILES string of the molecule is CN(O)Cc1cc(F)c(F)c(F)c1F. The first-order chi connectivity index (χ1) is 6.43. The van der Waals surface area contributed by atoms with Gasteiger partial charge in [-0.25, -0.2) is 17.6 Å². The Balaban J connectivity index is 3.19. The Morgan fingerprint density at radius 1 is 1.14 bits per heavy atom. The van der Waals surface area contributed by atoms with Crippen LogP contribution in [0.4, 0.5) is 17.6 Å². The molecule has 0 aromatic heterocycles. The lowest BCUT2D eigenvalue weighted by atomic mass is 10.2. The molecular formula is C8H7F4NO. The minimum absolute atomic E-state index is 0.431. The van der Waals surface area contributed by atoms with Gasteiger partial charge in [0.05, 0.1) is 6.54 Å². The molecule has 0 unspecified atom stereocenters. The van der Waals surface area contributed by atoms with E-state index in [-0.39, 0.29) is 0 Å². The summed E-state index contributed by atoms with van der Waals surface area (Å²) in [5, 5.41) is 9.23. The molecule has 0 aliphatic rings. The molecule has 0 amide bonds. The number of nitrogens with zero attached hydrogens (tertiary/aromatic N) is 1. The zero-order chi connectivity index (χ0) is 10.9. The first kappa shape index (κ1) is 10.9. The first-order valence-electron chi connectivity index (χ1n) is 3.65. The van der Waals surface area contributed by atoms with Gasteiger partial charge in [-0.1, -0.05) is 0 Å². The molecular weight excluding hydrogens is 202 g/mol. The van der Waals surface area contributed by atoms with Crippen molar-refractivity contribution in [3.05, 3.63) is 34.9 Å². The van der Waals surface area contributed by atoms with Crippen LogP contribution in [0.2, 0.25) is 0 Å². The fourth-order valence-corrected chi connectivity index (χ4v) is 0.983. The van der Waals surface area contributed by atoms with Crippen molar-refractivity contribution in [3.63, 3.8) is 0 Å². The monoisotopic (exact) mass is 209 g/mol. The first-order valence-corrected chi connectivity index (χ1v) is 3.65. The van der Waals surface area contributed by atoms with Gasteiger partial charge in [0.1, 0.15) is 0 Å². The summed E-state index contributed by atoms with van der Waals surface area (Å²) in [6.45, 7) is -0.431. The van der Waals surface area contributed by atoms with E-state index in [1.165, 1.54) is 7.05 Å². The fraction of sp³-hybridized carbons (Fsp3) is 0.250. The van der Waals surface area contributed by atoms with Gasteiger partial charge in [0.25, 0.3) is 0 Å². The quantitative estimate of drug-likeness (QED) is 0.349. The van der Waals surface area contributed by atoms with E-state index in [4.69, 9.17) is 5.21 Å². The Morgan fingerprint density at radius 2 is 1.71 bits per heavy atom. The largest absolute Gasteiger partial charge is 0.314 e. The van der Waals surface area contributed by atoms with Gasteiger partial charge in [-0.05, 0) is 6.07 Å². The molecule has 0 bridgehead atoms. The molecule has 0 fully saturated rings. The summed E-state index contributed by atoms with van der Waals surface area (Å²) < 4.78 is 50.5. The Bertz CT molecular complexity index is 354. The smallest absolute Gasteiger partial charge is 0.197 e. The van der Waals surface area contributed by atoms with E-state index < -0.39 is 35.4 Å². The summed E-state index contributed by atoms with van der Waals surface area (Å²) in [7, 11) is 1.17. The van der Waals surface area contributed by atoms with E-state index in [2.05, 4.69) is 0 Å². The van der Waals surface area contributed by atoms with E-state index in [1.807, 2.05) is 0 Å². The standard InChI is InChI=1S/C8H7F4NO/c1-13(14)3-4-2-5(9)7(11)8(12)6(4)10/h2,14H,3H2,1H3. The lowest BCUT2D eigenvalue weighted by Crippen LogP contribution is -2.14. The van der Waals surface area contributed by atoms with Crippen molar-refractivity contribution in [2.24, 2.45) is 0 Å². The maximum atomic E-state index is 12.9. The molecule has 1 rings (SSSR count). The highest BCUT2D eigenvalue weighted by molar-refractivity contribution is 5.21. The maximum Gasteiger partial charge on any atom is 0.197 e. The molecule has 1 aromatic rings. The Kier molecular flexibility index (Phi) is 3.07. The summed E-state index contributed by atoms with van der Waals surface area (Å²) >= 11 is 0. The van der Waals surface area contributed by atoms with E-state index in [1.54, 1.807) is 0 Å². The molecule has 0 atom stereocenters. The molecule has 14 heavy (non-hydrogen) atoms. The number of hydroxylamine groups is 2. The highest BCUT2D eigenvalue weighted by Crippen LogP contribution is 2.19.